The second kappa shape index (κ2) is 8.91. The Morgan fingerprint density at radius 3 is 2.81 bits per heavy atom. The van der Waals surface area contributed by atoms with Crippen LogP contribution in [0.4, 0.5) is 0 Å². The molecule has 8 heteroatoms. The van der Waals surface area contributed by atoms with Crippen LogP contribution in [0.3, 0.4) is 0 Å². The second-order valence-corrected chi connectivity index (χ2v) is 7.65. The largest absolute Gasteiger partial charge is 0.489 e. The first-order valence-corrected chi connectivity index (χ1v) is 9.78. The molecule has 2 heterocycles. The Balaban J connectivity index is 1.47. The molecule has 7 nitrogen and oxygen atoms in total. The summed E-state index contributed by atoms with van der Waals surface area (Å²) in [7, 11) is 0. The third kappa shape index (κ3) is 5.12. The standard InChI is InChI=1S/C19H27ClN4O3/c1-12-2-3-15(20)17(8-12)27-14-4-6-24(7-5-14)19(26)16-9-13(11-22-16)23-18(25)10-21/h2-3,8,13-14,16,22H,4-7,9-11,21H2,1H3,(H,23,25)/t13-,16+/m1/s1. The molecule has 2 aliphatic heterocycles. The van der Waals surface area contributed by atoms with Gasteiger partial charge in [0.05, 0.1) is 17.6 Å². The Bertz CT molecular complexity index is 692. The predicted octanol–water partition coefficient (Wildman–Crippen LogP) is 0.824. The fourth-order valence-corrected chi connectivity index (χ4v) is 3.78. The number of carbonyl (C=O) groups is 2. The molecule has 4 N–H and O–H groups in total. The number of likely N-dealkylation sites (tertiary alicyclic amines) is 1. The van der Waals surface area contributed by atoms with Gasteiger partial charge in [0.15, 0.2) is 0 Å². The molecule has 0 aromatic heterocycles. The Hall–Kier alpha value is -1.83. The number of hydrogen-bond acceptors (Lipinski definition) is 5. The highest BCUT2D eigenvalue weighted by Crippen LogP contribution is 2.28. The van der Waals surface area contributed by atoms with E-state index in [1.165, 1.54) is 0 Å². The van der Waals surface area contributed by atoms with Crippen LogP contribution in [0.5, 0.6) is 5.75 Å². The van der Waals surface area contributed by atoms with E-state index in [9.17, 15) is 9.59 Å². The van der Waals surface area contributed by atoms with E-state index in [0.29, 0.717) is 36.8 Å². The van der Waals surface area contributed by atoms with Gasteiger partial charge in [-0.2, -0.15) is 0 Å². The third-order valence-corrected chi connectivity index (χ3v) is 5.43. The van der Waals surface area contributed by atoms with Crippen molar-refractivity contribution >= 4 is 23.4 Å². The van der Waals surface area contributed by atoms with Crippen molar-refractivity contribution in [3.8, 4) is 5.75 Å². The van der Waals surface area contributed by atoms with E-state index in [0.717, 1.165) is 18.4 Å². The summed E-state index contributed by atoms with van der Waals surface area (Å²) < 4.78 is 6.05. The summed E-state index contributed by atoms with van der Waals surface area (Å²) in [5, 5.41) is 6.64. The molecule has 2 aliphatic rings. The van der Waals surface area contributed by atoms with Gasteiger partial charge < -0.3 is 26.0 Å². The minimum Gasteiger partial charge on any atom is -0.489 e. The summed E-state index contributed by atoms with van der Waals surface area (Å²) in [5.74, 6) is 0.603. The topological polar surface area (TPSA) is 96.7 Å². The van der Waals surface area contributed by atoms with Crippen molar-refractivity contribution in [3.05, 3.63) is 28.8 Å². The van der Waals surface area contributed by atoms with Crippen molar-refractivity contribution in [2.75, 3.05) is 26.2 Å². The summed E-state index contributed by atoms with van der Waals surface area (Å²) in [6.45, 7) is 3.87. The van der Waals surface area contributed by atoms with Crippen LogP contribution in [0.15, 0.2) is 18.2 Å². The van der Waals surface area contributed by atoms with Gasteiger partial charge in [0.25, 0.3) is 0 Å². The molecule has 0 aliphatic carbocycles. The number of nitrogens with two attached hydrogens (primary N) is 1. The van der Waals surface area contributed by atoms with Crippen LogP contribution in [-0.2, 0) is 9.59 Å². The summed E-state index contributed by atoms with van der Waals surface area (Å²) in [6, 6.07) is 5.44. The van der Waals surface area contributed by atoms with Crippen molar-refractivity contribution in [2.45, 2.75) is 44.4 Å². The molecule has 1 aromatic carbocycles. The monoisotopic (exact) mass is 394 g/mol. The van der Waals surface area contributed by atoms with Gasteiger partial charge in [-0.3, -0.25) is 9.59 Å². The molecule has 3 rings (SSSR count). The van der Waals surface area contributed by atoms with E-state index in [1.807, 2.05) is 30.0 Å². The number of aryl methyl sites for hydroxylation is 1. The van der Waals surface area contributed by atoms with Gasteiger partial charge in [0.2, 0.25) is 11.8 Å². The summed E-state index contributed by atoms with van der Waals surface area (Å²) in [6.07, 6.45) is 2.20. The fourth-order valence-electron chi connectivity index (χ4n) is 3.62. The first kappa shape index (κ1) is 19.9. The van der Waals surface area contributed by atoms with Crippen molar-refractivity contribution in [2.24, 2.45) is 5.73 Å². The number of hydrogen-bond donors (Lipinski definition) is 3. The molecule has 2 atom stereocenters. The number of nitrogens with zero attached hydrogens (tertiary/aromatic N) is 1. The lowest BCUT2D eigenvalue weighted by molar-refractivity contribution is -0.135. The van der Waals surface area contributed by atoms with Crippen molar-refractivity contribution < 1.29 is 14.3 Å². The number of ether oxygens (including phenoxy) is 1. The van der Waals surface area contributed by atoms with Gasteiger partial charge in [0.1, 0.15) is 11.9 Å². The van der Waals surface area contributed by atoms with E-state index in [1.54, 1.807) is 0 Å². The third-order valence-electron chi connectivity index (χ3n) is 5.11. The lowest BCUT2D eigenvalue weighted by Gasteiger charge is -2.33. The van der Waals surface area contributed by atoms with Crippen LogP contribution in [0.2, 0.25) is 5.02 Å². The van der Waals surface area contributed by atoms with Gasteiger partial charge in [0, 0.05) is 38.5 Å². The maximum Gasteiger partial charge on any atom is 0.239 e. The molecule has 0 unspecified atom stereocenters. The molecule has 2 fully saturated rings. The van der Waals surface area contributed by atoms with Crippen LogP contribution in [0.25, 0.3) is 0 Å². The molecule has 0 bridgehead atoms. The maximum atomic E-state index is 12.7. The first-order chi connectivity index (χ1) is 13.0. The minimum absolute atomic E-state index is 0.0341. The molecule has 0 radical (unpaired) electrons. The number of amides is 2. The van der Waals surface area contributed by atoms with Gasteiger partial charge >= 0.3 is 0 Å². The zero-order chi connectivity index (χ0) is 19.4. The molecule has 1 aromatic rings. The highest BCUT2D eigenvalue weighted by atomic mass is 35.5. The number of halogens is 1. The number of rotatable bonds is 5. The second-order valence-electron chi connectivity index (χ2n) is 7.24. The lowest BCUT2D eigenvalue weighted by atomic mass is 10.1. The van der Waals surface area contributed by atoms with E-state index in [-0.39, 0.29) is 36.5 Å². The smallest absolute Gasteiger partial charge is 0.239 e. The van der Waals surface area contributed by atoms with Gasteiger partial charge in [-0.25, -0.2) is 0 Å². The molecule has 0 spiro atoms. The van der Waals surface area contributed by atoms with E-state index in [4.69, 9.17) is 22.1 Å². The van der Waals surface area contributed by atoms with E-state index in [2.05, 4.69) is 10.6 Å². The SMILES string of the molecule is Cc1ccc(Cl)c(OC2CCN(C(=O)[C@@H]3C[C@@H](NC(=O)CN)CN3)CC2)c1. The molecular weight excluding hydrogens is 368 g/mol. The summed E-state index contributed by atoms with van der Waals surface area (Å²) in [5.41, 5.74) is 6.42. The fraction of sp³-hybridized carbons (Fsp3) is 0.579. The maximum absolute atomic E-state index is 12.7. The minimum atomic E-state index is -0.253. The van der Waals surface area contributed by atoms with Crippen LogP contribution in [0.1, 0.15) is 24.8 Å². The highest BCUT2D eigenvalue weighted by Gasteiger charge is 2.34. The van der Waals surface area contributed by atoms with Crippen LogP contribution < -0.4 is 21.1 Å². The van der Waals surface area contributed by atoms with Crippen LogP contribution in [-0.4, -0.2) is 61.1 Å². The lowest BCUT2D eigenvalue weighted by Crippen LogP contribution is -2.48. The van der Waals surface area contributed by atoms with Crippen molar-refractivity contribution in [1.82, 2.24) is 15.5 Å². The normalized spacial score (nSPS) is 23.3. The summed E-state index contributed by atoms with van der Waals surface area (Å²) in [4.78, 5) is 26.0. The molecule has 0 saturated carbocycles. The quantitative estimate of drug-likeness (QED) is 0.687. The Morgan fingerprint density at radius 1 is 1.37 bits per heavy atom. The number of piperidine rings is 1. The predicted molar refractivity (Wildman–Crippen MR) is 104 cm³/mol. The van der Waals surface area contributed by atoms with Gasteiger partial charge in [-0.15, -0.1) is 0 Å². The van der Waals surface area contributed by atoms with Gasteiger partial charge in [-0.05, 0) is 31.0 Å². The summed E-state index contributed by atoms with van der Waals surface area (Å²) >= 11 is 6.21. The number of nitrogens with one attached hydrogen (secondary N) is 2. The Labute approximate surface area is 164 Å². The van der Waals surface area contributed by atoms with Crippen LogP contribution >= 0.6 is 11.6 Å². The van der Waals surface area contributed by atoms with Crippen LogP contribution in [0, 0.1) is 6.92 Å². The zero-order valence-electron chi connectivity index (χ0n) is 15.5. The van der Waals surface area contributed by atoms with Gasteiger partial charge in [-0.1, -0.05) is 17.7 Å². The number of carbonyl (C=O) groups excluding carboxylic acids is 2. The zero-order valence-corrected chi connectivity index (χ0v) is 16.3. The van der Waals surface area contributed by atoms with Crippen molar-refractivity contribution in [1.29, 1.82) is 0 Å². The van der Waals surface area contributed by atoms with E-state index >= 15 is 0 Å². The average Bonchev–Trinajstić information content (AvgIpc) is 3.13. The average molecular weight is 395 g/mol. The molecule has 2 amide bonds. The first-order valence-electron chi connectivity index (χ1n) is 9.40. The molecule has 2 saturated heterocycles. The van der Waals surface area contributed by atoms with Crippen molar-refractivity contribution in [3.63, 3.8) is 0 Å². The Morgan fingerprint density at radius 2 is 2.11 bits per heavy atom. The number of benzene rings is 1. The molecule has 148 valence electrons. The van der Waals surface area contributed by atoms with E-state index < -0.39 is 0 Å². The molecule has 27 heavy (non-hydrogen) atoms. The highest BCUT2D eigenvalue weighted by molar-refractivity contribution is 6.32. The Kier molecular flexibility index (Phi) is 6.57. The molecular formula is C19H27ClN4O3.